The molecule has 84 valence electrons. The van der Waals surface area contributed by atoms with Crippen LogP contribution >= 0.6 is 11.3 Å². The van der Waals surface area contributed by atoms with Crippen LogP contribution in [0.2, 0.25) is 0 Å². The van der Waals surface area contributed by atoms with E-state index < -0.39 is 0 Å². The van der Waals surface area contributed by atoms with E-state index in [1.165, 1.54) is 6.42 Å². The summed E-state index contributed by atoms with van der Waals surface area (Å²) in [5, 5.41) is 12.4. The average Bonchev–Trinajstić information content (AvgIpc) is 2.66. The van der Waals surface area contributed by atoms with Crippen molar-refractivity contribution in [3.8, 4) is 0 Å². The van der Waals surface area contributed by atoms with Crippen molar-refractivity contribution in [1.29, 1.82) is 0 Å². The fourth-order valence-electron chi connectivity index (χ4n) is 1.41. The second-order valence-corrected chi connectivity index (χ2v) is 4.47. The summed E-state index contributed by atoms with van der Waals surface area (Å²) >= 11 is 1.15. The Morgan fingerprint density at radius 1 is 1.60 bits per heavy atom. The quantitative estimate of drug-likeness (QED) is 0.461. The predicted octanol–water partition coefficient (Wildman–Crippen LogP) is 3.24. The first-order chi connectivity index (χ1) is 7.15. The van der Waals surface area contributed by atoms with Crippen molar-refractivity contribution in [2.45, 2.75) is 38.6 Å². The highest BCUT2D eigenvalue weighted by Gasteiger charge is 2.13. The van der Waals surface area contributed by atoms with Gasteiger partial charge in [0.25, 0.3) is 0 Å². The van der Waals surface area contributed by atoms with Gasteiger partial charge in [-0.25, -0.2) is 0 Å². The van der Waals surface area contributed by atoms with Crippen molar-refractivity contribution in [2.75, 3.05) is 0 Å². The van der Waals surface area contributed by atoms with Gasteiger partial charge in [0.2, 0.25) is 0 Å². The fourth-order valence-corrected chi connectivity index (χ4v) is 2.20. The molecule has 0 spiro atoms. The van der Waals surface area contributed by atoms with E-state index in [0.29, 0.717) is 0 Å². The molecule has 0 fully saturated rings. The lowest BCUT2D eigenvalue weighted by atomic mass is 10.0. The van der Waals surface area contributed by atoms with Crippen LogP contribution in [0.1, 0.15) is 44.2 Å². The number of nitro groups is 1. The normalized spacial score (nSPS) is 12.7. The van der Waals surface area contributed by atoms with E-state index in [4.69, 9.17) is 5.73 Å². The van der Waals surface area contributed by atoms with Crippen LogP contribution in [-0.2, 0) is 0 Å². The highest BCUT2D eigenvalue weighted by atomic mass is 32.1. The minimum atomic E-state index is -0.368. The SMILES string of the molecule is CCCCC[C@@H](N)c1csc([N+](=O)[O-])c1. The minimum absolute atomic E-state index is 0.0542. The molecule has 1 heterocycles. The lowest BCUT2D eigenvalue weighted by Gasteiger charge is -2.08. The molecule has 1 rings (SSSR count). The summed E-state index contributed by atoms with van der Waals surface area (Å²) in [6.07, 6.45) is 4.32. The Hall–Kier alpha value is -0.940. The van der Waals surface area contributed by atoms with Crippen LogP contribution in [0.15, 0.2) is 11.4 Å². The van der Waals surface area contributed by atoms with Crippen LogP contribution in [0.5, 0.6) is 0 Å². The third-order valence-electron chi connectivity index (χ3n) is 2.33. The van der Waals surface area contributed by atoms with Gasteiger partial charge in [-0.1, -0.05) is 37.5 Å². The molecule has 15 heavy (non-hydrogen) atoms. The summed E-state index contributed by atoms with van der Waals surface area (Å²) in [5.74, 6) is 0. The Labute approximate surface area is 93.3 Å². The zero-order valence-corrected chi connectivity index (χ0v) is 9.63. The molecule has 1 aromatic heterocycles. The van der Waals surface area contributed by atoms with E-state index in [1.54, 1.807) is 11.4 Å². The lowest BCUT2D eigenvalue weighted by molar-refractivity contribution is -0.380. The number of hydrogen-bond donors (Lipinski definition) is 1. The molecule has 1 atom stereocenters. The number of nitrogens with zero attached hydrogens (tertiary/aromatic N) is 1. The molecule has 5 heteroatoms. The van der Waals surface area contributed by atoms with Crippen LogP contribution in [0, 0.1) is 10.1 Å². The van der Waals surface area contributed by atoms with Gasteiger partial charge < -0.3 is 5.73 Å². The van der Waals surface area contributed by atoms with Crippen molar-refractivity contribution in [3.63, 3.8) is 0 Å². The third-order valence-corrected chi connectivity index (χ3v) is 3.23. The maximum absolute atomic E-state index is 10.5. The zero-order chi connectivity index (χ0) is 11.3. The van der Waals surface area contributed by atoms with Gasteiger partial charge in [-0.3, -0.25) is 10.1 Å². The van der Waals surface area contributed by atoms with Crippen LogP contribution in [0.25, 0.3) is 0 Å². The van der Waals surface area contributed by atoms with E-state index in [9.17, 15) is 10.1 Å². The maximum atomic E-state index is 10.5. The molecule has 2 N–H and O–H groups in total. The van der Waals surface area contributed by atoms with Gasteiger partial charge >= 0.3 is 5.00 Å². The Kier molecular flexibility index (Phi) is 4.71. The van der Waals surface area contributed by atoms with E-state index in [2.05, 4.69) is 6.92 Å². The zero-order valence-electron chi connectivity index (χ0n) is 8.81. The van der Waals surface area contributed by atoms with Crippen molar-refractivity contribution in [3.05, 3.63) is 27.1 Å². The Morgan fingerprint density at radius 2 is 2.33 bits per heavy atom. The molecule has 0 saturated carbocycles. The molecule has 0 bridgehead atoms. The number of thiophene rings is 1. The highest BCUT2D eigenvalue weighted by Crippen LogP contribution is 2.28. The van der Waals surface area contributed by atoms with Gasteiger partial charge in [0.05, 0.1) is 4.92 Å². The van der Waals surface area contributed by atoms with Gasteiger partial charge in [0.15, 0.2) is 0 Å². The summed E-state index contributed by atoms with van der Waals surface area (Å²) in [7, 11) is 0. The van der Waals surface area contributed by atoms with Crippen molar-refractivity contribution < 1.29 is 4.92 Å². The van der Waals surface area contributed by atoms with E-state index >= 15 is 0 Å². The second kappa shape index (κ2) is 5.82. The van der Waals surface area contributed by atoms with E-state index in [1.807, 2.05) is 0 Å². The third kappa shape index (κ3) is 3.60. The van der Waals surface area contributed by atoms with Gasteiger partial charge in [-0.2, -0.15) is 0 Å². The van der Waals surface area contributed by atoms with E-state index in [-0.39, 0.29) is 16.0 Å². The number of nitrogens with two attached hydrogens (primary N) is 1. The van der Waals surface area contributed by atoms with Gasteiger partial charge in [0, 0.05) is 17.5 Å². The molecule has 0 unspecified atom stereocenters. The fraction of sp³-hybridized carbons (Fsp3) is 0.600. The highest BCUT2D eigenvalue weighted by molar-refractivity contribution is 7.13. The van der Waals surface area contributed by atoms with Crippen LogP contribution < -0.4 is 5.73 Å². The summed E-state index contributed by atoms with van der Waals surface area (Å²) in [4.78, 5) is 10.1. The summed E-state index contributed by atoms with van der Waals surface area (Å²) in [6, 6.07) is 1.53. The Bertz CT molecular complexity index is 325. The molecular formula is C10H16N2O2S. The first-order valence-corrected chi connectivity index (χ1v) is 6.01. The van der Waals surface area contributed by atoms with Crippen LogP contribution in [-0.4, -0.2) is 4.92 Å². The monoisotopic (exact) mass is 228 g/mol. The molecule has 0 aromatic carbocycles. The topological polar surface area (TPSA) is 69.2 Å². The smallest absolute Gasteiger partial charge is 0.324 e. The molecule has 0 saturated heterocycles. The predicted molar refractivity (Wildman–Crippen MR) is 62.0 cm³/mol. The largest absolute Gasteiger partial charge is 0.324 e. The van der Waals surface area contributed by atoms with Crippen molar-refractivity contribution >= 4 is 16.3 Å². The molecule has 4 nitrogen and oxygen atoms in total. The molecule has 0 aliphatic heterocycles. The number of hydrogen-bond acceptors (Lipinski definition) is 4. The van der Waals surface area contributed by atoms with Crippen LogP contribution in [0.3, 0.4) is 0 Å². The number of rotatable bonds is 6. The maximum Gasteiger partial charge on any atom is 0.324 e. The van der Waals surface area contributed by atoms with Crippen molar-refractivity contribution in [1.82, 2.24) is 0 Å². The summed E-state index contributed by atoms with van der Waals surface area (Å²) < 4.78 is 0. The summed E-state index contributed by atoms with van der Waals surface area (Å²) in [5.41, 5.74) is 6.82. The van der Waals surface area contributed by atoms with E-state index in [0.717, 1.165) is 36.2 Å². The molecule has 0 amide bonds. The lowest BCUT2D eigenvalue weighted by Crippen LogP contribution is -2.08. The number of unbranched alkanes of at least 4 members (excludes halogenated alkanes) is 2. The molecule has 0 aliphatic carbocycles. The first kappa shape index (κ1) is 12.1. The Balaban J connectivity index is 2.50. The van der Waals surface area contributed by atoms with Gasteiger partial charge in [-0.15, -0.1) is 0 Å². The first-order valence-electron chi connectivity index (χ1n) is 5.13. The molecular weight excluding hydrogens is 212 g/mol. The Morgan fingerprint density at radius 3 is 2.87 bits per heavy atom. The molecule has 1 aromatic rings. The second-order valence-electron chi connectivity index (χ2n) is 3.58. The minimum Gasteiger partial charge on any atom is -0.324 e. The average molecular weight is 228 g/mol. The molecule has 0 radical (unpaired) electrons. The van der Waals surface area contributed by atoms with Gasteiger partial charge in [-0.05, 0) is 12.0 Å². The van der Waals surface area contributed by atoms with Crippen molar-refractivity contribution in [2.24, 2.45) is 5.73 Å². The molecule has 0 aliphatic rings. The van der Waals surface area contributed by atoms with Gasteiger partial charge in [0.1, 0.15) is 0 Å². The van der Waals surface area contributed by atoms with Crippen LogP contribution in [0.4, 0.5) is 5.00 Å². The standard InChI is InChI=1S/C10H16N2O2S/c1-2-3-4-5-9(11)8-6-10(12(13)14)15-7-8/h6-7,9H,2-5,11H2,1H3/t9-/m1/s1. The summed E-state index contributed by atoms with van der Waals surface area (Å²) in [6.45, 7) is 2.14.